The molecule has 0 bridgehead atoms. The van der Waals surface area contributed by atoms with E-state index in [4.69, 9.17) is 24.4 Å². The van der Waals surface area contributed by atoms with Gasteiger partial charge in [-0.05, 0) is 42.5 Å². The van der Waals surface area contributed by atoms with Crippen LogP contribution in [0.1, 0.15) is 17.9 Å². The van der Waals surface area contributed by atoms with Crippen LogP contribution in [-0.2, 0) is 24.3 Å². The van der Waals surface area contributed by atoms with Gasteiger partial charge >= 0.3 is 0 Å². The van der Waals surface area contributed by atoms with E-state index in [9.17, 15) is 23.1 Å². The molecule has 0 unspecified atom stereocenters. The average molecular weight is 545 g/mol. The lowest BCUT2D eigenvalue weighted by atomic mass is 9.93. The first-order chi connectivity index (χ1) is 18.2. The highest BCUT2D eigenvalue weighted by atomic mass is 32.2. The van der Waals surface area contributed by atoms with E-state index in [1.807, 2.05) is 0 Å². The summed E-state index contributed by atoms with van der Waals surface area (Å²) in [6.45, 7) is -0.779. The maximum atomic E-state index is 13.1. The van der Waals surface area contributed by atoms with Crippen molar-refractivity contribution in [2.45, 2.75) is 23.5 Å². The average Bonchev–Trinajstić information content (AvgIpc) is 2.92. The third-order valence-electron chi connectivity index (χ3n) is 6.10. The molecule has 1 aliphatic heterocycles. The molecule has 1 aliphatic rings. The Kier molecular flexibility index (Phi) is 8.47. The number of hydrogen-bond donors (Lipinski definition) is 2. The summed E-state index contributed by atoms with van der Waals surface area (Å²) in [4.78, 5) is 25.0. The van der Waals surface area contributed by atoms with Crippen LogP contribution in [0.2, 0.25) is 0 Å². The van der Waals surface area contributed by atoms with Gasteiger partial charge in [-0.1, -0.05) is 12.1 Å². The smallest absolute Gasteiger partial charge is 0.283 e. The molecule has 0 spiro atoms. The van der Waals surface area contributed by atoms with Crippen molar-refractivity contribution >= 4 is 26.9 Å². The van der Waals surface area contributed by atoms with Crippen LogP contribution < -0.4 is 15.9 Å². The van der Waals surface area contributed by atoms with Gasteiger partial charge in [-0.25, -0.2) is 8.42 Å². The molecule has 0 aliphatic carbocycles. The van der Waals surface area contributed by atoms with Gasteiger partial charge in [-0.2, -0.15) is 4.31 Å². The Labute approximate surface area is 219 Å². The number of methoxy groups -OCH3 is 1. The summed E-state index contributed by atoms with van der Waals surface area (Å²) in [5, 5.41) is 9.84. The number of allylic oxidation sites excluding steroid dienone is 1. The molecule has 11 nitrogen and oxygen atoms in total. The number of rotatable bonds is 11. The van der Waals surface area contributed by atoms with Gasteiger partial charge in [0.05, 0.1) is 36.9 Å². The van der Waals surface area contributed by atoms with Gasteiger partial charge in [0.25, 0.3) is 5.91 Å². The van der Waals surface area contributed by atoms with Crippen LogP contribution in [0, 0.1) is 0 Å². The van der Waals surface area contributed by atoms with Crippen molar-refractivity contribution in [1.29, 1.82) is 0 Å². The number of fused-ring (bicyclic) bond motifs is 1. The quantitative estimate of drug-likeness (QED) is 0.366. The van der Waals surface area contributed by atoms with Crippen LogP contribution in [-0.4, -0.2) is 63.4 Å². The largest absolute Gasteiger partial charge is 0.497 e. The van der Waals surface area contributed by atoms with Gasteiger partial charge in [0.15, 0.2) is 11.2 Å². The zero-order chi connectivity index (χ0) is 27.3. The van der Waals surface area contributed by atoms with Crippen LogP contribution in [0.15, 0.2) is 80.7 Å². The van der Waals surface area contributed by atoms with Crippen LogP contribution in [0.25, 0.3) is 11.0 Å². The second kappa shape index (κ2) is 11.8. The SMILES string of the molecule is COc1ccc(S(=O)(=O)N(CCO)CCO[C@H]2C[C@@H](c3coc4ccccc4c3=O)C=C(C(N)=O)O2)cc1. The summed E-state index contributed by atoms with van der Waals surface area (Å²) in [5.41, 5.74) is 5.93. The predicted molar refractivity (Wildman–Crippen MR) is 137 cm³/mol. The molecule has 0 saturated carbocycles. The number of hydrogen-bond acceptors (Lipinski definition) is 9. The Morgan fingerprint density at radius 3 is 2.58 bits per heavy atom. The van der Waals surface area contributed by atoms with Crippen molar-refractivity contribution in [3.8, 4) is 5.75 Å². The van der Waals surface area contributed by atoms with E-state index in [2.05, 4.69) is 0 Å². The van der Waals surface area contributed by atoms with E-state index < -0.39 is 34.7 Å². The molecule has 2 atom stereocenters. The second-order valence-corrected chi connectivity index (χ2v) is 10.4. The van der Waals surface area contributed by atoms with Crippen LogP contribution in [0.4, 0.5) is 0 Å². The van der Waals surface area contributed by atoms with Crippen molar-refractivity contribution in [1.82, 2.24) is 4.31 Å². The highest BCUT2D eigenvalue weighted by Gasteiger charge is 2.31. The minimum Gasteiger partial charge on any atom is -0.497 e. The van der Waals surface area contributed by atoms with Crippen LogP contribution in [0.5, 0.6) is 5.75 Å². The third-order valence-corrected chi connectivity index (χ3v) is 8.01. The molecule has 3 aromatic rings. The monoisotopic (exact) mass is 544 g/mol. The lowest BCUT2D eigenvalue weighted by Gasteiger charge is -2.29. The fourth-order valence-electron chi connectivity index (χ4n) is 4.14. The zero-order valence-corrected chi connectivity index (χ0v) is 21.4. The molecule has 1 aromatic heterocycles. The molecule has 2 heterocycles. The first kappa shape index (κ1) is 27.3. The molecule has 4 rings (SSSR count). The number of benzene rings is 2. The molecule has 0 fully saturated rings. The van der Waals surface area contributed by atoms with Gasteiger partial charge < -0.3 is 29.5 Å². The molecular weight excluding hydrogens is 516 g/mol. The number of carbonyl (C=O) groups excluding carboxylic acids is 1. The van der Waals surface area contributed by atoms with E-state index in [-0.39, 0.29) is 42.2 Å². The number of aliphatic hydroxyl groups is 1. The number of nitrogens with two attached hydrogens (primary N) is 1. The lowest BCUT2D eigenvalue weighted by molar-refractivity contribution is -0.144. The first-order valence-corrected chi connectivity index (χ1v) is 13.2. The highest BCUT2D eigenvalue weighted by molar-refractivity contribution is 7.89. The summed E-state index contributed by atoms with van der Waals surface area (Å²) < 4.78 is 49.3. The minimum absolute atomic E-state index is 0.0303. The third kappa shape index (κ3) is 5.89. The van der Waals surface area contributed by atoms with Crippen molar-refractivity contribution in [3.63, 3.8) is 0 Å². The molecule has 0 radical (unpaired) electrons. The fraction of sp³-hybridized carbons (Fsp3) is 0.308. The number of aliphatic hydroxyl groups excluding tert-OH is 1. The number of nitrogens with zero attached hydrogens (tertiary/aromatic N) is 1. The van der Waals surface area contributed by atoms with E-state index in [1.165, 1.54) is 43.7 Å². The predicted octanol–water partition coefficient (Wildman–Crippen LogP) is 1.70. The number of amides is 1. The van der Waals surface area contributed by atoms with Gasteiger partial charge in [-0.3, -0.25) is 9.59 Å². The number of ether oxygens (including phenoxy) is 3. The lowest BCUT2D eigenvalue weighted by Crippen LogP contribution is -2.38. The van der Waals surface area contributed by atoms with Gasteiger partial charge in [0, 0.05) is 31.0 Å². The summed E-state index contributed by atoms with van der Waals surface area (Å²) in [5.74, 6) is -1.09. The summed E-state index contributed by atoms with van der Waals surface area (Å²) >= 11 is 0. The normalized spacial score (nSPS) is 17.7. The van der Waals surface area contributed by atoms with Crippen molar-refractivity contribution < 1.29 is 36.9 Å². The topological polar surface area (TPSA) is 159 Å². The standard InChI is InChI=1S/C26H28N2O9S/c1-34-18-6-8-19(9-7-18)38(32,33)28(10-12-29)11-13-35-24-15-17(14-23(37-24)26(27)31)21-16-36-22-5-3-2-4-20(22)25(21)30/h2-9,14,16-17,24,29H,10-13,15H2,1H3,(H2,27,31)/t17-,24+/m0/s1. The Balaban J connectivity index is 1.49. The number of carbonyl (C=O) groups is 1. The van der Waals surface area contributed by atoms with E-state index in [1.54, 1.807) is 24.3 Å². The second-order valence-electron chi connectivity index (χ2n) is 8.48. The Bertz CT molecular complexity index is 1480. The van der Waals surface area contributed by atoms with Gasteiger partial charge in [-0.15, -0.1) is 0 Å². The molecular formula is C26H28N2O9S. The molecule has 38 heavy (non-hydrogen) atoms. The number of primary amides is 1. The molecule has 0 saturated heterocycles. The number of sulfonamides is 1. The van der Waals surface area contributed by atoms with E-state index in [0.717, 1.165) is 4.31 Å². The Morgan fingerprint density at radius 1 is 1.16 bits per heavy atom. The number of para-hydroxylation sites is 1. The van der Waals surface area contributed by atoms with Gasteiger partial charge in [0.1, 0.15) is 11.3 Å². The van der Waals surface area contributed by atoms with Crippen LogP contribution >= 0.6 is 0 Å². The summed E-state index contributed by atoms with van der Waals surface area (Å²) in [6.07, 6.45) is 1.97. The molecule has 202 valence electrons. The van der Waals surface area contributed by atoms with Crippen molar-refractivity contribution in [2.24, 2.45) is 5.73 Å². The maximum Gasteiger partial charge on any atom is 0.283 e. The molecule has 2 aromatic carbocycles. The summed E-state index contributed by atoms with van der Waals surface area (Å²) in [6, 6.07) is 12.7. The van der Waals surface area contributed by atoms with E-state index in [0.29, 0.717) is 22.3 Å². The first-order valence-electron chi connectivity index (χ1n) is 11.8. The molecule has 12 heteroatoms. The minimum atomic E-state index is -3.94. The fourth-order valence-corrected chi connectivity index (χ4v) is 5.56. The van der Waals surface area contributed by atoms with Crippen LogP contribution in [0.3, 0.4) is 0 Å². The van der Waals surface area contributed by atoms with Crippen molar-refractivity contribution in [3.05, 3.63) is 82.4 Å². The van der Waals surface area contributed by atoms with E-state index >= 15 is 0 Å². The maximum absolute atomic E-state index is 13.1. The van der Waals surface area contributed by atoms with Crippen molar-refractivity contribution in [2.75, 3.05) is 33.4 Å². The molecule has 1 amide bonds. The summed E-state index contributed by atoms with van der Waals surface area (Å²) in [7, 11) is -2.46. The highest BCUT2D eigenvalue weighted by Crippen LogP contribution is 2.31. The zero-order valence-electron chi connectivity index (χ0n) is 20.6. The Hall–Kier alpha value is -3.71. The molecule has 3 N–H and O–H groups in total. The van der Waals surface area contributed by atoms with Gasteiger partial charge in [0.2, 0.25) is 16.3 Å². The Morgan fingerprint density at radius 2 is 1.89 bits per heavy atom.